The van der Waals surface area contributed by atoms with Gasteiger partial charge in [0.05, 0.1) is 23.2 Å². The van der Waals surface area contributed by atoms with E-state index in [-0.39, 0.29) is 29.7 Å². The van der Waals surface area contributed by atoms with Crippen LogP contribution in [0.2, 0.25) is 0 Å². The largest absolute Gasteiger partial charge is 0.354 e. The number of carbonyl (C=O) groups is 4. The van der Waals surface area contributed by atoms with Crippen molar-refractivity contribution in [2.75, 3.05) is 18.4 Å². The summed E-state index contributed by atoms with van der Waals surface area (Å²) >= 11 is 0. The minimum atomic E-state index is -0.674. The molecule has 0 saturated carbocycles. The zero-order valence-corrected chi connectivity index (χ0v) is 31.1. The number of fused-ring (bicyclic) bond motifs is 2. The van der Waals surface area contributed by atoms with E-state index in [4.69, 9.17) is 10.8 Å². The fourth-order valence-corrected chi connectivity index (χ4v) is 6.69. The van der Waals surface area contributed by atoms with Crippen LogP contribution in [0.4, 0.5) is 10.5 Å². The number of nitrogens with one attached hydrogen (secondary N) is 3. The van der Waals surface area contributed by atoms with Crippen LogP contribution in [0.3, 0.4) is 0 Å². The number of rotatable bonds is 14. The number of nitrogens with two attached hydrogens (primary N) is 1. The van der Waals surface area contributed by atoms with E-state index in [1.165, 1.54) is 0 Å². The van der Waals surface area contributed by atoms with Crippen molar-refractivity contribution in [3.05, 3.63) is 102 Å². The van der Waals surface area contributed by atoms with E-state index in [1.54, 1.807) is 35.4 Å². The zero-order chi connectivity index (χ0) is 38.2. The van der Waals surface area contributed by atoms with Crippen LogP contribution in [0.25, 0.3) is 10.9 Å². The van der Waals surface area contributed by atoms with E-state index in [0.717, 1.165) is 64.6 Å². The molecule has 0 aliphatic carbocycles. The van der Waals surface area contributed by atoms with E-state index < -0.39 is 18.0 Å². The number of aromatic nitrogens is 2. The van der Waals surface area contributed by atoms with Crippen LogP contribution >= 0.6 is 0 Å². The molecule has 2 aliphatic heterocycles. The molecule has 2 aromatic heterocycles. The Morgan fingerprint density at radius 2 is 1.69 bits per heavy atom. The number of nitrogens with zero attached hydrogens (tertiary/aromatic N) is 5. The van der Waals surface area contributed by atoms with Gasteiger partial charge in [-0.15, -0.1) is 0 Å². The highest BCUT2D eigenvalue weighted by atomic mass is 16.2. The molecule has 0 saturated heterocycles. The van der Waals surface area contributed by atoms with Gasteiger partial charge in [-0.1, -0.05) is 57.0 Å². The smallest absolute Gasteiger partial charge is 0.322 e. The molecule has 1 unspecified atom stereocenters. The summed E-state index contributed by atoms with van der Waals surface area (Å²) in [6.45, 7) is 7.36. The summed E-state index contributed by atoms with van der Waals surface area (Å²) in [4.78, 5) is 62.1. The highest BCUT2D eigenvalue weighted by molar-refractivity contribution is 6.06. The highest BCUT2D eigenvalue weighted by Crippen LogP contribution is 2.31. The van der Waals surface area contributed by atoms with Crippen molar-refractivity contribution in [1.82, 2.24) is 30.5 Å². The van der Waals surface area contributed by atoms with Crippen molar-refractivity contribution in [3.8, 4) is 0 Å². The van der Waals surface area contributed by atoms with Gasteiger partial charge in [-0.2, -0.15) is 5.10 Å². The van der Waals surface area contributed by atoms with Gasteiger partial charge >= 0.3 is 6.03 Å². The fourth-order valence-electron chi connectivity index (χ4n) is 6.69. The van der Waals surface area contributed by atoms with Gasteiger partial charge < -0.3 is 26.6 Å². The molecule has 5 N–H and O–H groups in total. The fraction of sp³-hybridized carbons (Fsp3) is 0.390. The van der Waals surface area contributed by atoms with Crippen molar-refractivity contribution in [2.45, 2.75) is 84.0 Å². The number of carbonyl (C=O) groups excluding carboxylic acids is 4. The average molecular weight is 732 g/mol. The van der Waals surface area contributed by atoms with Crippen molar-refractivity contribution in [2.24, 2.45) is 16.8 Å². The number of anilines is 1. The second kappa shape index (κ2) is 17.4. The van der Waals surface area contributed by atoms with Crippen molar-refractivity contribution in [1.29, 1.82) is 0 Å². The third-order valence-electron chi connectivity index (χ3n) is 10.1. The SMILES string of the molecule is CC(C)[C@H](N)C(=O)N[C@@H](C)C(=O)NCCCCCCN1N=C(c2ccc(NC(=O)N3Cc4ccncc4C3)cc2)CC(c2ccc3cccnc3c2)C1=O. The highest BCUT2D eigenvalue weighted by Gasteiger charge is 2.33. The maximum atomic E-state index is 13.9. The Bertz CT molecular complexity index is 1990. The molecule has 2 aliphatic rings. The number of benzene rings is 2. The third kappa shape index (κ3) is 9.26. The molecule has 13 heteroatoms. The summed E-state index contributed by atoms with van der Waals surface area (Å²) in [6.07, 6.45) is 8.93. The molecule has 3 atom stereocenters. The lowest BCUT2D eigenvalue weighted by molar-refractivity contribution is -0.133. The van der Waals surface area contributed by atoms with Crippen molar-refractivity contribution in [3.63, 3.8) is 0 Å². The number of urea groups is 1. The maximum absolute atomic E-state index is 13.9. The lowest BCUT2D eigenvalue weighted by Crippen LogP contribution is -2.51. The average Bonchev–Trinajstić information content (AvgIpc) is 3.62. The van der Waals surface area contributed by atoms with E-state index >= 15 is 0 Å². The minimum Gasteiger partial charge on any atom is -0.354 e. The Morgan fingerprint density at radius 1 is 0.907 bits per heavy atom. The molecular weight excluding hydrogens is 683 g/mol. The molecule has 2 aromatic carbocycles. The van der Waals surface area contributed by atoms with Crippen LogP contribution in [-0.2, 0) is 27.5 Å². The van der Waals surface area contributed by atoms with Crippen LogP contribution in [0, 0.1) is 5.92 Å². The molecule has 0 spiro atoms. The number of unbranched alkanes of at least 4 members (excludes halogenated alkanes) is 3. The maximum Gasteiger partial charge on any atom is 0.322 e. The number of hydrogen-bond acceptors (Lipinski definition) is 8. The Morgan fingerprint density at radius 3 is 2.46 bits per heavy atom. The molecule has 54 heavy (non-hydrogen) atoms. The molecule has 13 nitrogen and oxygen atoms in total. The van der Waals surface area contributed by atoms with Crippen molar-refractivity contribution >= 4 is 46.1 Å². The second-order valence-corrected chi connectivity index (χ2v) is 14.4. The summed E-state index contributed by atoms with van der Waals surface area (Å²) < 4.78 is 0. The number of pyridine rings is 2. The monoisotopic (exact) mass is 731 g/mol. The molecular formula is C41H49N9O4. The first-order valence-electron chi connectivity index (χ1n) is 18.7. The van der Waals surface area contributed by atoms with E-state index in [1.807, 2.05) is 74.5 Å². The van der Waals surface area contributed by atoms with Gasteiger partial charge in [0.15, 0.2) is 0 Å². The first-order chi connectivity index (χ1) is 26.1. The van der Waals surface area contributed by atoms with Crippen LogP contribution in [-0.4, -0.2) is 74.5 Å². The van der Waals surface area contributed by atoms with Gasteiger partial charge in [0.2, 0.25) is 11.8 Å². The van der Waals surface area contributed by atoms with E-state index in [9.17, 15) is 19.2 Å². The first kappa shape index (κ1) is 38.0. The van der Waals surface area contributed by atoms with Gasteiger partial charge in [-0.05, 0) is 78.3 Å². The molecule has 0 radical (unpaired) electrons. The third-order valence-corrected chi connectivity index (χ3v) is 10.1. The summed E-state index contributed by atoms with van der Waals surface area (Å²) in [5.74, 6) is -1.10. The molecule has 282 valence electrons. The number of hydrazone groups is 1. The molecule has 0 bridgehead atoms. The van der Waals surface area contributed by atoms with Crippen LogP contribution in [0.5, 0.6) is 0 Å². The number of amides is 5. The summed E-state index contributed by atoms with van der Waals surface area (Å²) in [7, 11) is 0. The predicted octanol–water partition coefficient (Wildman–Crippen LogP) is 5.06. The zero-order valence-electron chi connectivity index (χ0n) is 31.1. The van der Waals surface area contributed by atoms with Crippen LogP contribution < -0.4 is 21.7 Å². The standard InChI is InChI=1S/C41H49N9O4/c1-26(2)37(42)39(52)46-27(3)38(51)45-17-6-4-5-7-20-50-40(53)34(30-11-10-28-9-8-18-44-35(28)21-30)22-36(48-50)29-12-14-33(15-13-29)47-41(54)49-24-31-16-19-43-23-32(31)25-49/h8-16,18-19,21,23,26-27,34,37H,4-7,17,20,22,24-25,42H2,1-3H3,(H,45,51)(H,46,52)(H,47,54)/t27-,34?,37-/m0/s1. The van der Waals surface area contributed by atoms with Crippen molar-refractivity contribution < 1.29 is 19.2 Å². The first-order valence-corrected chi connectivity index (χ1v) is 18.7. The lowest BCUT2D eigenvalue weighted by Gasteiger charge is -2.30. The van der Waals surface area contributed by atoms with E-state index in [0.29, 0.717) is 38.3 Å². The Kier molecular flexibility index (Phi) is 12.3. The topological polar surface area (TPSA) is 175 Å². The molecule has 6 rings (SSSR count). The molecule has 4 heterocycles. The van der Waals surface area contributed by atoms with Crippen LogP contribution in [0.15, 0.2) is 84.4 Å². The van der Waals surface area contributed by atoms with E-state index in [2.05, 4.69) is 25.9 Å². The Hall–Kier alpha value is -5.69. The van der Waals surface area contributed by atoms with Crippen LogP contribution in [0.1, 0.15) is 81.0 Å². The van der Waals surface area contributed by atoms with Gasteiger partial charge in [-0.3, -0.25) is 24.4 Å². The van der Waals surface area contributed by atoms with Gasteiger partial charge in [0.1, 0.15) is 6.04 Å². The lowest BCUT2D eigenvalue weighted by atomic mass is 9.88. The molecule has 5 amide bonds. The summed E-state index contributed by atoms with van der Waals surface area (Å²) in [5, 5.41) is 16.0. The Balaban J connectivity index is 1.06. The minimum absolute atomic E-state index is 0.0232. The van der Waals surface area contributed by atoms with Gasteiger partial charge in [-0.25, -0.2) is 9.80 Å². The Labute approximate surface area is 315 Å². The predicted molar refractivity (Wildman–Crippen MR) is 208 cm³/mol. The molecule has 0 fully saturated rings. The molecule has 4 aromatic rings. The quantitative estimate of drug-likeness (QED) is 0.131. The number of hydrogen-bond donors (Lipinski definition) is 4. The van der Waals surface area contributed by atoms with Gasteiger partial charge in [0.25, 0.3) is 5.91 Å². The van der Waals surface area contributed by atoms with Gasteiger partial charge in [0, 0.05) is 62.3 Å². The second-order valence-electron chi connectivity index (χ2n) is 14.4. The summed E-state index contributed by atoms with van der Waals surface area (Å²) in [6, 6.07) is 17.9. The normalized spacial score (nSPS) is 16.5. The summed E-state index contributed by atoms with van der Waals surface area (Å²) in [5.41, 5.74) is 12.1.